The smallest absolute Gasteiger partial charge is 0.337 e. The van der Waals surface area contributed by atoms with Gasteiger partial charge in [-0.25, -0.2) is 4.79 Å². The number of aryl methyl sites for hydroxylation is 2. The molecular weight excluding hydrogens is 358 g/mol. The van der Waals surface area contributed by atoms with Crippen molar-refractivity contribution < 1.29 is 19.2 Å². The zero-order chi connectivity index (χ0) is 19.9. The summed E-state index contributed by atoms with van der Waals surface area (Å²) in [6, 6.07) is 21.0. The Hall–Kier alpha value is -3.67. The average Bonchev–Trinajstić information content (AvgIpc) is 2.72. The third-order valence-corrected chi connectivity index (χ3v) is 4.26. The molecule has 0 bridgehead atoms. The van der Waals surface area contributed by atoms with Crippen LogP contribution in [0.1, 0.15) is 21.5 Å². The number of ether oxygens (including phenoxy) is 2. The number of esters is 1. The van der Waals surface area contributed by atoms with E-state index < -0.39 is 10.9 Å². The number of benzene rings is 3. The van der Waals surface area contributed by atoms with Crippen LogP contribution in [0.5, 0.6) is 11.5 Å². The van der Waals surface area contributed by atoms with Crippen LogP contribution in [0.15, 0.2) is 72.8 Å². The van der Waals surface area contributed by atoms with E-state index in [-0.39, 0.29) is 5.69 Å². The van der Waals surface area contributed by atoms with Crippen LogP contribution < -0.4 is 4.74 Å². The summed E-state index contributed by atoms with van der Waals surface area (Å²) in [4.78, 5) is 22.7. The van der Waals surface area contributed by atoms with Crippen molar-refractivity contribution in [2.24, 2.45) is 0 Å². The highest BCUT2D eigenvalue weighted by Crippen LogP contribution is 2.28. The van der Waals surface area contributed by atoms with Gasteiger partial charge in [-0.3, -0.25) is 10.1 Å². The van der Waals surface area contributed by atoms with E-state index in [9.17, 15) is 14.9 Å². The molecule has 142 valence electrons. The first-order valence-electron chi connectivity index (χ1n) is 8.74. The third-order valence-electron chi connectivity index (χ3n) is 4.26. The van der Waals surface area contributed by atoms with Gasteiger partial charge in [-0.15, -0.1) is 0 Å². The van der Waals surface area contributed by atoms with Gasteiger partial charge in [-0.1, -0.05) is 30.3 Å². The summed E-state index contributed by atoms with van der Waals surface area (Å²) in [6.07, 6.45) is 0.980. The highest BCUT2D eigenvalue weighted by molar-refractivity contribution is 5.89. The van der Waals surface area contributed by atoms with Gasteiger partial charge in [-0.05, 0) is 54.8 Å². The number of hydrogen-bond acceptors (Lipinski definition) is 5. The van der Waals surface area contributed by atoms with Crippen LogP contribution in [0, 0.1) is 10.1 Å². The van der Waals surface area contributed by atoms with Gasteiger partial charge in [0.2, 0.25) is 0 Å². The molecule has 0 aliphatic carbocycles. The predicted molar refractivity (Wildman–Crippen MR) is 105 cm³/mol. The van der Waals surface area contributed by atoms with Crippen molar-refractivity contribution >= 4 is 11.7 Å². The van der Waals surface area contributed by atoms with Crippen LogP contribution in [0.3, 0.4) is 0 Å². The van der Waals surface area contributed by atoms with E-state index in [1.807, 2.05) is 36.4 Å². The summed E-state index contributed by atoms with van der Waals surface area (Å²) in [5.41, 5.74) is 1.97. The van der Waals surface area contributed by atoms with E-state index in [1.165, 1.54) is 13.2 Å². The molecule has 0 aromatic heterocycles. The lowest BCUT2D eigenvalue weighted by Gasteiger charge is -2.09. The standard InChI is InChI=1S/C22H19NO5/c1-27-22(24)18-7-5-6-16(14-18)10-11-17-15-20(12-13-21(17)23(25)26)28-19-8-3-2-4-9-19/h2-9,12-15H,10-11H2,1H3. The number of nitro benzene ring substituents is 1. The van der Waals surface area contributed by atoms with Crippen molar-refractivity contribution in [2.45, 2.75) is 12.8 Å². The summed E-state index contributed by atoms with van der Waals surface area (Å²) in [5, 5.41) is 11.4. The maximum atomic E-state index is 11.7. The fourth-order valence-electron chi connectivity index (χ4n) is 2.88. The molecule has 0 amide bonds. The van der Waals surface area contributed by atoms with Gasteiger partial charge in [0.15, 0.2) is 0 Å². The van der Waals surface area contributed by atoms with Gasteiger partial charge in [0.05, 0.1) is 17.6 Å². The number of nitrogens with zero attached hydrogens (tertiary/aromatic N) is 1. The second kappa shape index (κ2) is 8.81. The molecule has 0 heterocycles. The van der Waals surface area contributed by atoms with Gasteiger partial charge in [0.1, 0.15) is 11.5 Å². The van der Waals surface area contributed by atoms with Crippen LogP contribution >= 0.6 is 0 Å². The van der Waals surface area contributed by atoms with Crippen molar-refractivity contribution in [2.75, 3.05) is 7.11 Å². The molecule has 28 heavy (non-hydrogen) atoms. The van der Waals surface area contributed by atoms with E-state index in [4.69, 9.17) is 9.47 Å². The molecule has 3 aromatic rings. The number of rotatable bonds is 7. The monoisotopic (exact) mass is 377 g/mol. The number of para-hydroxylation sites is 1. The summed E-state index contributed by atoms with van der Waals surface area (Å²) in [7, 11) is 1.33. The van der Waals surface area contributed by atoms with Gasteiger partial charge in [0.25, 0.3) is 5.69 Å². The van der Waals surface area contributed by atoms with E-state index in [0.717, 1.165) is 5.56 Å². The van der Waals surface area contributed by atoms with Gasteiger partial charge in [-0.2, -0.15) is 0 Å². The Morgan fingerprint density at radius 3 is 2.43 bits per heavy atom. The molecule has 0 radical (unpaired) electrons. The third kappa shape index (κ3) is 4.73. The van der Waals surface area contributed by atoms with Crippen LogP contribution in [-0.2, 0) is 17.6 Å². The number of carbonyl (C=O) groups excluding carboxylic acids is 1. The average molecular weight is 377 g/mol. The molecule has 3 rings (SSSR count). The first-order chi connectivity index (χ1) is 13.6. The maximum Gasteiger partial charge on any atom is 0.337 e. The molecule has 0 N–H and O–H groups in total. The molecule has 0 saturated heterocycles. The lowest BCUT2D eigenvalue weighted by atomic mass is 10.0. The van der Waals surface area contributed by atoms with Gasteiger partial charge in [0, 0.05) is 11.6 Å². The number of methoxy groups -OCH3 is 1. The van der Waals surface area contributed by atoms with E-state index >= 15 is 0 Å². The highest BCUT2D eigenvalue weighted by Gasteiger charge is 2.15. The summed E-state index contributed by atoms with van der Waals surface area (Å²) < 4.78 is 10.5. The van der Waals surface area contributed by atoms with E-state index in [2.05, 4.69) is 0 Å². The van der Waals surface area contributed by atoms with E-state index in [0.29, 0.717) is 35.5 Å². The zero-order valence-corrected chi connectivity index (χ0v) is 15.3. The largest absolute Gasteiger partial charge is 0.465 e. The Morgan fingerprint density at radius 2 is 1.71 bits per heavy atom. The molecular formula is C22H19NO5. The molecule has 6 heteroatoms. The van der Waals surface area contributed by atoms with Crippen LogP contribution in [0.2, 0.25) is 0 Å². The Morgan fingerprint density at radius 1 is 0.929 bits per heavy atom. The van der Waals surface area contributed by atoms with Crippen LogP contribution in [0.4, 0.5) is 5.69 Å². The molecule has 0 aliphatic rings. The Labute approximate surface area is 162 Å². The molecule has 0 aliphatic heterocycles. The van der Waals surface area contributed by atoms with Crippen molar-refractivity contribution in [1.29, 1.82) is 0 Å². The quantitative estimate of drug-likeness (QED) is 0.330. The normalized spacial score (nSPS) is 10.3. The Bertz CT molecular complexity index is 985. The van der Waals surface area contributed by atoms with E-state index in [1.54, 1.807) is 30.3 Å². The number of nitro groups is 1. The molecule has 0 atom stereocenters. The predicted octanol–water partition coefficient (Wildman–Crippen LogP) is 4.96. The fraction of sp³-hybridized carbons (Fsp3) is 0.136. The first kappa shape index (κ1) is 19.1. The molecule has 0 spiro atoms. The van der Waals surface area contributed by atoms with Crippen molar-refractivity contribution in [1.82, 2.24) is 0 Å². The molecule has 0 fully saturated rings. The molecule has 0 saturated carbocycles. The SMILES string of the molecule is COC(=O)c1cccc(CCc2cc(Oc3ccccc3)ccc2[N+](=O)[O-])c1. The highest BCUT2D eigenvalue weighted by atomic mass is 16.6. The summed E-state index contributed by atoms with van der Waals surface area (Å²) in [5.74, 6) is 0.786. The lowest BCUT2D eigenvalue weighted by molar-refractivity contribution is -0.385. The van der Waals surface area contributed by atoms with Crippen molar-refractivity contribution in [3.05, 3.63) is 99.6 Å². The molecule has 3 aromatic carbocycles. The summed E-state index contributed by atoms with van der Waals surface area (Å²) >= 11 is 0. The lowest BCUT2D eigenvalue weighted by Crippen LogP contribution is -2.03. The van der Waals surface area contributed by atoms with Crippen molar-refractivity contribution in [3.63, 3.8) is 0 Å². The minimum absolute atomic E-state index is 0.0459. The zero-order valence-electron chi connectivity index (χ0n) is 15.3. The van der Waals surface area contributed by atoms with Gasteiger partial charge < -0.3 is 9.47 Å². The second-order valence-electron chi connectivity index (χ2n) is 6.15. The first-order valence-corrected chi connectivity index (χ1v) is 8.74. The fourth-order valence-corrected chi connectivity index (χ4v) is 2.88. The maximum absolute atomic E-state index is 11.7. The Kier molecular flexibility index (Phi) is 6.01. The Balaban J connectivity index is 1.80. The topological polar surface area (TPSA) is 78.7 Å². The van der Waals surface area contributed by atoms with Gasteiger partial charge >= 0.3 is 5.97 Å². The second-order valence-corrected chi connectivity index (χ2v) is 6.15. The molecule has 6 nitrogen and oxygen atoms in total. The van der Waals surface area contributed by atoms with Crippen LogP contribution in [0.25, 0.3) is 0 Å². The minimum Gasteiger partial charge on any atom is -0.465 e. The summed E-state index contributed by atoms with van der Waals surface area (Å²) in [6.45, 7) is 0. The minimum atomic E-state index is -0.411. The van der Waals surface area contributed by atoms with Crippen molar-refractivity contribution in [3.8, 4) is 11.5 Å². The van der Waals surface area contributed by atoms with Crippen LogP contribution in [-0.4, -0.2) is 18.0 Å². The number of hydrogen-bond donors (Lipinski definition) is 0. The number of carbonyl (C=O) groups is 1. The molecule has 0 unspecified atom stereocenters.